The van der Waals surface area contributed by atoms with Crippen LogP contribution < -0.4 is 10.2 Å². The number of amides is 2. The van der Waals surface area contributed by atoms with Crippen molar-refractivity contribution >= 4 is 29.7 Å². The van der Waals surface area contributed by atoms with Crippen molar-refractivity contribution in [1.82, 2.24) is 14.9 Å². The highest BCUT2D eigenvalue weighted by molar-refractivity contribution is 6.03. The Labute approximate surface area is 150 Å². The van der Waals surface area contributed by atoms with Crippen LogP contribution >= 0.6 is 0 Å². The normalized spacial score (nSPS) is 14.0. The summed E-state index contributed by atoms with van der Waals surface area (Å²) in [5.41, 5.74) is 1.42. The van der Waals surface area contributed by atoms with E-state index in [0.29, 0.717) is 43.4 Å². The number of carbonyl (C=O) groups excluding carboxylic acids is 3. The minimum absolute atomic E-state index is 0.0296. The molecular formula is C18H19N5O3. The summed E-state index contributed by atoms with van der Waals surface area (Å²) in [6.07, 6.45) is 2.38. The van der Waals surface area contributed by atoms with Gasteiger partial charge >= 0.3 is 0 Å². The molecule has 1 aromatic carbocycles. The molecule has 0 unspecified atom stereocenters. The molecule has 2 aromatic rings. The van der Waals surface area contributed by atoms with Gasteiger partial charge in [-0.3, -0.25) is 14.4 Å². The van der Waals surface area contributed by atoms with Crippen molar-refractivity contribution in [2.45, 2.75) is 6.92 Å². The molecule has 2 amide bonds. The van der Waals surface area contributed by atoms with Crippen LogP contribution in [0, 0.1) is 0 Å². The van der Waals surface area contributed by atoms with Crippen molar-refractivity contribution in [3.05, 3.63) is 47.8 Å². The Morgan fingerprint density at radius 3 is 2.38 bits per heavy atom. The Balaban J connectivity index is 1.68. The predicted octanol–water partition coefficient (Wildman–Crippen LogP) is 1.21. The highest BCUT2D eigenvalue weighted by Crippen LogP contribution is 2.14. The van der Waals surface area contributed by atoms with Crippen LogP contribution in [0.15, 0.2) is 36.5 Å². The maximum absolute atomic E-state index is 12.4. The maximum Gasteiger partial charge on any atom is 0.274 e. The van der Waals surface area contributed by atoms with E-state index in [-0.39, 0.29) is 17.4 Å². The average molecular weight is 353 g/mol. The van der Waals surface area contributed by atoms with Crippen LogP contribution in [0.4, 0.5) is 11.6 Å². The highest BCUT2D eigenvalue weighted by atomic mass is 16.2. The van der Waals surface area contributed by atoms with Crippen molar-refractivity contribution < 1.29 is 14.4 Å². The summed E-state index contributed by atoms with van der Waals surface area (Å²) in [4.78, 5) is 46.7. The summed E-state index contributed by atoms with van der Waals surface area (Å²) in [5.74, 6) is 0.0869. The van der Waals surface area contributed by atoms with E-state index in [4.69, 9.17) is 0 Å². The fourth-order valence-corrected chi connectivity index (χ4v) is 2.64. The van der Waals surface area contributed by atoms with Gasteiger partial charge in [0.1, 0.15) is 5.69 Å². The lowest BCUT2D eigenvalue weighted by Gasteiger charge is -2.32. The van der Waals surface area contributed by atoms with E-state index in [1.54, 1.807) is 41.4 Å². The van der Waals surface area contributed by atoms with Gasteiger partial charge in [-0.1, -0.05) is 0 Å². The van der Waals surface area contributed by atoms with E-state index in [1.807, 2.05) is 4.90 Å². The summed E-state index contributed by atoms with van der Waals surface area (Å²) < 4.78 is 0. The third kappa shape index (κ3) is 4.02. The van der Waals surface area contributed by atoms with Crippen molar-refractivity contribution in [1.29, 1.82) is 0 Å². The number of carbonyl (C=O) groups is 3. The second-order valence-corrected chi connectivity index (χ2v) is 5.96. The minimum Gasteiger partial charge on any atom is -0.342 e. The van der Waals surface area contributed by atoms with Gasteiger partial charge in [0.05, 0.1) is 0 Å². The minimum atomic E-state index is -0.351. The molecule has 0 aliphatic carbocycles. The second kappa shape index (κ2) is 7.73. The summed E-state index contributed by atoms with van der Waals surface area (Å²) in [7, 11) is 0. The maximum atomic E-state index is 12.4. The highest BCUT2D eigenvalue weighted by Gasteiger charge is 2.19. The molecule has 26 heavy (non-hydrogen) atoms. The number of benzene rings is 1. The quantitative estimate of drug-likeness (QED) is 0.641. The third-order valence-corrected chi connectivity index (χ3v) is 4.17. The van der Waals surface area contributed by atoms with E-state index in [9.17, 15) is 14.4 Å². The second-order valence-electron chi connectivity index (χ2n) is 5.96. The fraction of sp³-hybridized carbons (Fsp3) is 0.278. The van der Waals surface area contributed by atoms with Gasteiger partial charge in [0, 0.05) is 43.6 Å². The summed E-state index contributed by atoms with van der Waals surface area (Å²) >= 11 is 0. The molecule has 134 valence electrons. The largest absolute Gasteiger partial charge is 0.342 e. The molecule has 1 aromatic heterocycles. The first-order valence-electron chi connectivity index (χ1n) is 8.26. The Bertz CT molecular complexity index is 814. The van der Waals surface area contributed by atoms with E-state index in [2.05, 4.69) is 15.3 Å². The Morgan fingerprint density at radius 1 is 1.08 bits per heavy atom. The topological polar surface area (TPSA) is 95.5 Å². The molecule has 0 spiro atoms. The van der Waals surface area contributed by atoms with Crippen molar-refractivity contribution in [2.75, 3.05) is 36.4 Å². The van der Waals surface area contributed by atoms with Crippen LogP contribution in [0.5, 0.6) is 0 Å². The van der Waals surface area contributed by atoms with E-state index in [1.165, 1.54) is 6.92 Å². The number of Topliss-reactive ketones (excluding diaryl/α,β-unsaturated/α-hetero) is 1. The van der Waals surface area contributed by atoms with Crippen LogP contribution in [0.25, 0.3) is 0 Å². The lowest BCUT2D eigenvalue weighted by molar-refractivity contribution is -0.118. The average Bonchev–Trinajstić information content (AvgIpc) is 2.68. The molecule has 1 N–H and O–H groups in total. The number of anilines is 2. The lowest BCUT2D eigenvalue weighted by Crippen LogP contribution is -2.46. The molecule has 8 heteroatoms. The molecular weight excluding hydrogens is 334 g/mol. The van der Waals surface area contributed by atoms with Crippen molar-refractivity contribution in [3.63, 3.8) is 0 Å². The fourth-order valence-electron chi connectivity index (χ4n) is 2.64. The number of hydrogen-bond donors (Lipinski definition) is 1. The van der Waals surface area contributed by atoms with E-state index in [0.717, 1.165) is 6.41 Å². The van der Waals surface area contributed by atoms with E-state index < -0.39 is 0 Å². The zero-order valence-corrected chi connectivity index (χ0v) is 14.4. The summed E-state index contributed by atoms with van der Waals surface area (Å²) in [5, 5.41) is 2.76. The van der Waals surface area contributed by atoms with Gasteiger partial charge in [0.15, 0.2) is 5.78 Å². The van der Waals surface area contributed by atoms with Gasteiger partial charge < -0.3 is 15.1 Å². The molecule has 1 aliphatic heterocycles. The zero-order valence-electron chi connectivity index (χ0n) is 14.4. The monoisotopic (exact) mass is 353 g/mol. The standard InChI is InChI=1S/C18H19N5O3/c1-13(25)14-2-4-15(5-3-14)20-17(26)16-6-7-19-18(21-16)23-10-8-22(12-24)9-11-23/h2-7,12H,8-11H2,1H3,(H,20,26). The van der Waals surface area contributed by atoms with Crippen LogP contribution in [0.1, 0.15) is 27.8 Å². The van der Waals surface area contributed by atoms with E-state index >= 15 is 0 Å². The Kier molecular flexibility index (Phi) is 5.21. The molecule has 1 fully saturated rings. The van der Waals surface area contributed by atoms with Crippen LogP contribution in [-0.2, 0) is 4.79 Å². The van der Waals surface area contributed by atoms with Gasteiger partial charge in [-0.25, -0.2) is 9.97 Å². The SMILES string of the molecule is CC(=O)c1ccc(NC(=O)c2ccnc(N3CCN(C=O)CC3)n2)cc1. The first-order chi connectivity index (χ1) is 12.6. The van der Waals surface area contributed by atoms with Gasteiger partial charge in [0.25, 0.3) is 5.91 Å². The number of piperazine rings is 1. The number of ketones is 1. The Morgan fingerprint density at radius 2 is 1.77 bits per heavy atom. The number of aromatic nitrogens is 2. The molecule has 3 rings (SSSR count). The molecule has 0 saturated carbocycles. The molecule has 2 heterocycles. The molecule has 8 nitrogen and oxygen atoms in total. The number of rotatable bonds is 5. The smallest absolute Gasteiger partial charge is 0.274 e. The molecule has 1 saturated heterocycles. The Hall–Kier alpha value is -3.29. The first-order valence-corrected chi connectivity index (χ1v) is 8.26. The number of hydrogen-bond acceptors (Lipinski definition) is 6. The number of nitrogens with zero attached hydrogens (tertiary/aromatic N) is 4. The van der Waals surface area contributed by atoms with Crippen LogP contribution in [-0.4, -0.2) is 59.1 Å². The summed E-state index contributed by atoms with van der Waals surface area (Å²) in [6.45, 7) is 3.94. The lowest BCUT2D eigenvalue weighted by atomic mass is 10.1. The molecule has 0 radical (unpaired) electrons. The first kappa shape index (κ1) is 17.5. The predicted molar refractivity (Wildman–Crippen MR) is 96.3 cm³/mol. The van der Waals surface area contributed by atoms with Crippen molar-refractivity contribution in [2.24, 2.45) is 0 Å². The molecule has 0 atom stereocenters. The van der Waals surface area contributed by atoms with Gasteiger partial charge in [0.2, 0.25) is 12.4 Å². The summed E-state index contributed by atoms with van der Waals surface area (Å²) in [6, 6.07) is 8.22. The van der Waals surface area contributed by atoms with Crippen molar-refractivity contribution in [3.8, 4) is 0 Å². The molecule has 0 bridgehead atoms. The third-order valence-electron chi connectivity index (χ3n) is 4.17. The zero-order chi connectivity index (χ0) is 18.5. The van der Waals surface area contributed by atoms with Gasteiger partial charge in [-0.05, 0) is 37.3 Å². The van der Waals surface area contributed by atoms with Crippen LogP contribution in [0.2, 0.25) is 0 Å². The van der Waals surface area contributed by atoms with Gasteiger partial charge in [-0.15, -0.1) is 0 Å². The number of nitrogens with one attached hydrogen (secondary N) is 1. The van der Waals surface area contributed by atoms with Gasteiger partial charge in [-0.2, -0.15) is 0 Å². The molecule has 1 aliphatic rings. The van der Waals surface area contributed by atoms with Crippen LogP contribution in [0.3, 0.4) is 0 Å².